The summed E-state index contributed by atoms with van der Waals surface area (Å²) in [6, 6.07) is 6.95. The van der Waals surface area contributed by atoms with E-state index in [9.17, 15) is 33.6 Å². The zero-order valence-corrected chi connectivity index (χ0v) is 42.4. The first-order valence-electron chi connectivity index (χ1n) is 25.0. The Bertz CT molecular complexity index is 1920. The normalized spacial score (nSPS) is 23.2. The van der Waals surface area contributed by atoms with Crippen molar-refractivity contribution < 1.29 is 52.5 Å². The second-order valence-electron chi connectivity index (χ2n) is 19.6. The summed E-state index contributed by atoms with van der Waals surface area (Å²) in [6.07, 6.45) is 6.46. The van der Waals surface area contributed by atoms with E-state index < -0.39 is 48.2 Å². The minimum absolute atomic E-state index is 0.0116. The molecule has 0 aromatic heterocycles. The number of hydrogen-bond acceptors (Lipinski definition) is 12. The van der Waals surface area contributed by atoms with Gasteiger partial charge in [-0.05, 0) is 62.5 Å². The topological polar surface area (TPSA) is 205 Å². The summed E-state index contributed by atoms with van der Waals surface area (Å²) < 4.78 is 23.2. The molecule has 3 aliphatic heterocycles. The van der Waals surface area contributed by atoms with Crippen molar-refractivity contribution >= 4 is 41.4 Å². The lowest BCUT2D eigenvalue weighted by Crippen LogP contribution is -2.60. The number of amides is 7. The molecule has 7 amide bonds. The average Bonchev–Trinajstić information content (AvgIpc) is 4.15. The fourth-order valence-electron chi connectivity index (χ4n) is 10.7. The van der Waals surface area contributed by atoms with Gasteiger partial charge in [-0.15, -0.1) is 0 Å². The second kappa shape index (κ2) is 26.5. The quantitative estimate of drug-likeness (QED) is 0.0819. The molecule has 11 atom stereocenters. The van der Waals surface area contributed by atoms with Crippen molar-refractivity contribution in [1.82, 2.24) is 35.6 Å². The van der Waals surface area contributed by atoms with E-state index in [-0.39, 0.29) is 106 Å². The molecule has 1 aromatic rings. The molecule has 1 saturated carbocycles. The first-order chi connectivity index (χ1) is 33.0. The molecule has 2 bridgehead atoms. The highest BCUT2D eigenvalue weighted by Gasteiger charge is 2.49. The number of fused-ring (bicyclic) bond motifs is 2. The minimum Gasteiger partial charge on any atom is -0.379 e. The van der Waals surface area contributed by atoms with Crippen LogP contribution in [0.1, 0.15) is 85.1 Å². The fourth-order valence-corrected chi connectivity index (χ4v) is 10.7. The van der Waals surface area contributed by atoms with Crippen LogP contribution >= 0.6 is 0 Å². The van der Waals surface area contributed by atoms with Crippen LogP contribution in [0.3, 0.4) is 0 Å². The van der Waals surface area contributed by atoms with E-state index in [1.807, 2.05) is 65.1 Å². The van der Waals surface area contributed by atoms with Gasteiger partial charge in [0.05, 0.1) is 75.6 Å². The Hall–Kier alpha value is -4.75. The van der Waals surface area contributed by atoms with Crippen LogP contribution in [0.4, 0.5) is 0 Å². The number of carbonyl (C=O) groups excluding carboxylic acids is 7. The Balaban J connectivity index is 1.17. The third-order valence-electron chi connectivity index (χ3n) is 14.9. The Kier molecular flexibility index (Phi) is 21.2. The van der Waals surface area contributed by atoms with E-state index in [2.05, 4.69) is 20.9 Å². The van der Waals surface area contributed by atoms with Crippen LogP contribution in [0.25, 0.3) is 0 Å². The van der Waals surface area contributed by atoms with E-state index in [4.69, 9.17) is 18.9 Å². The Morgan fingerprint density at radius 1 is 0.855 bits per heavy atom. The van der Waals surface area contributed by atoms with E-state index in [0.717, 1.165) is 36.1 Å². The molecule has 3 N–H and O–H groups in total. The number of rotatable bonds is 28. The number of piperidine rings is 1. The lowest BCUT2D eigenvalue weighted by Gasteiger charge is -2.41. The largest absolute Gasteiger partial charge is 0.379 e. The number of nitrogens with zero attached hydrogens (tertiary/aromatic N) is 4. The van der Waals surface area contributed by atoms with E-state index in [1.54, 1.807) is 30.9 Å². The summed E-state index contributed by atoms with van der Waals surface area (Å²) in [4.78, 5) is 100. The number of methoxy groups -OCH3 is 2. The van der Waals surface area contributed by atoms with Crippen LogP contribution in [0.5, 0.6) is 0 Å². The third kappa shape index (κ3) is 14.2. The van der Waals surface area contributed by atoms with Crippen LogP contribution in [0.15, 0.2) is 42.5 Å². The van der Waals surface area contributed by atoms with Gasteiger partial charge in [0, 0.05) is 59.0 Å². The number of ether oxygens (including phenoxy) is 4. The highest BCUT2D eigenvalue weighted by Crippen LogP contribution is 2.41. The van der Waals surface area contributed by atoms with Gasteiger partial charge in [0.15, 0.2) is 0 Å². The van der Waals surface area contributed by atoms with Crippen LogP contribution in [-0.4, -0.2) is 184 Å². The van der Waals surface area contributed by atoms with Crippen molar-refractivity contribution in [3.8, 4) is 0 Å². The SMILES string of the molecule is CC[C@H](C)[C@@H]([C@@H](CC(=O)N1CCC[C@H]1[C@H](OC)[C@@H](C)C(=O)N[C@@H](Cc1ccccc1)C(=O)NCCOCCOCCN1C(=O)C=CC1=O)OC)N(C)C(=O)[C@@H](NC(=O)C1[C@H]2CC[C@H](C2)N1C)C(C)C. The summed E-state index contributed by atoms with van der Waals surface area (Å²) in [5.74, 6) is -2.71. The number of likely N-dealkylation sites (tertiary alicyclic amines) is 2. The maximum atomic E-state index is 14.5. The molecule has 0 spiro atoms. The maximum Gasteiger partial charge on any atom is 0.253 e. The molecular weight excluding hydrogens is 887 g/mol. The lowest BCUT2D eigenvalue weighted by atomic mass is 9.89. The molecule has 5 rings (SSSR count). The lowest BCUT2D eigenvalue weighted by molar-refractivity contribution is -0.148. The van der Waals surface area contributed by atoms with Gasteiger partial charge in [0.25, 0.3) is 11.8 Å². The third-order valence-corrected chi connectivity index (χ3v) is 14.9. The van der Waals surface area contributed by atoms with Gasteiger partial charge in [0.1, 0.15) is 12.1 Å². The first kappa shape index (κ1) is 55.2. The minimum atomic E-state index is -0.919. The van der Waals surface area contributed by atoms with Crippen LogP contribution < -0.4 is 16.0 Å². The molecule has 1 aromatic carbocycles. The van der Waals surface area contributed by atoms with Gasteiger partial charge in [-0.25, -0.2) is 0 Å². The summed E-state index contributed by atoms with van der Waals surface area (Å²) in [7, 11) is 6.83. The molecule has 384 valence electrons. The molecule has 4 aliphatic rings. The van der Waals surface area contributed by atoms with Crippen molar-refractivity contribution in [3.05, 3.63) is 48.0 Å². The smallest absolute Gasteiger partial charge is 0.253 e. The second-order valence-corrected chi connectivity index (χ2v) is 19.6. The number of carbonyl (C=O) groups is 7. The predicted octanol–water partition coefficient (Wildman–Crippen LogP) is 2.33. The van der Waals surface area contributed by atoms with Crippen molar-refractivity contribution in [2.45, 2.75) is 134 Å². The van der Waals surface area contributed by atoms with Crippen molar-refractivity contribution in [1.29, 1.82) is 0 Å². The number of benzene rings is 1. The van der Waals surface area contributed by atoms with Gasteiger partial charge < -0.3 is 44.7 Å². The van der Waals surface area contributed by atoms with Crippen LogP contribution in [-0.2, 0) is 58.9 Å². The van der Waals surface area contributed by atoms with Crippen molar-refractivity contribution in [2.75, 3.05) is 74.4 Å². The fraction of sp³-hybridized carbons (Fsp3) is 0.706. The molecule has 2 saturated heterocycles. The molecule has 1 unspecified atom stereocenters. The molecule has 1 aliphatic carbocycles. The maximum absolute atomic E-state index is 14.5. The Morgan fingerprint density at radius 3 is 2.14 bits per heavy atom. The summed E-state index contributed by atoms with van der Waals surface area (Å²) in [5.41, 5.74) is 0.853. The van der Waals surface area contributed by atoms with E-state index in [1.165, 1.54) is 19.3 Å². The zero-order chi connectivity index (χ0) is 50.4. The molecule has 3 fully saturated rings. The first-order valence-corrected chi connectivity index (χ1v) is 25.0. The van der Waals surface area contributed by atoms with Gasteiger partial charge >= 0.3 is 0 Å². The number of nitrogens with one attached hydrogen (secondary N) is 3. The zero-order valence-electron chi connectivity index (χ0n) is 42.4. The summed E-state index contributed by atoms with van der Waals surface area (Å²) >= 11 is 0. The summed E-state index contributed by atoms with van der Waals surface area (Å²) in [6.45, 7) is 11.3. The van der Waals surface area contributed by atoms with Crippen molar-refractivity contribution in [3.63, 3.8) is 0 Å². The van der Waals surface area contributed by atoms with Crippen LogP contribution in [0, 0.1) is 23.7 Å². The van der Waals surface area contributed by atoms with Gasteiger partial charge in [-0.3, -0.25) is 43.4 Å². The van der Waals surface area contributed by atoms with Crippen molar-refractivity contribution in [2.24, 2.45) is 23.7 Å². The summed E-state index contributed by atoms with van der Waals surface area (Å²) in [5, 5.41) is 8.96. The van der Waals surface area contributed by atoms with E-state index in [0.29, 0.717) is 31.3 Å². The monoisotopic (exact) mass is 966 g/mol. The standard InChI is InChI=1S/C51H79N7O11/c1-10-33(4)45(56(7)51(65)44(32(2)3)54-50(64)46-36-18-19-37(30-36)55(46)6)40(66-8)31-43(61)57-23-14-17-39(57)47(67-9)34(5)48(62)53-38(29-35-15-12-11-13-16-35)49(63)52-22-25-68-27-28-69-26-24-58-41(59)20-21-42(58)60/h11-13,15-16,20-21,32-34,36-40,44-47H,10,14,17-19,22-31H2,1-9H3,(H,52,63)(H,53,62)(H,54,64)/t33-,34+,36-,37+,38-,39-,40+,44-,45-,46?,47+/m0/s1. The highest BCUT2D eigenvalue weighted by molar-refractivity contribution is 6.12. The molecule has 18 heteroatoms. The Morgan fingerprint density at radius 2 is 1.54 bits per heavy atom. The molecule has 0 radical (unpaired) electrons. The molecular formula is C51H79N7O11. The number of imide groups is 1. The Labute approximate surface area is 408 Å². The molecule has 69 heavy (non-hydrogen) atoms. The van der Waals surface area contributed by atoms with Gasteiger partial charge in [-0.2, -0.15) is 0 Å². The number of hydrogen-bond donors (Lipinski definition) is 3. The van der Waals surface area contributed by atoms with Gasteiger partial charge in [0.2, 0.25) is 29.5 Å². The molecule has 3 heterocycles. The highest BCUT2D eigenvalue weighted by atomic mass is 16.5. The van der Waals surface area contributed by atoms with Gasteiger partial charge in [-0.1, -0.05) is 71.4 Å². The van der Waals surface area contributed by atoms with Crippen LogP contribution in [0.2, 0.25) is 0 Å². The molecule has 18 nitrogen and oxygen atoms in total. The average molecular weight is 966 g/mol. The predicted molar refractivity (Wildman–Crippen MR) is 258 cm³/mol. The number of likely N-dealkylation sites (N-methyl/N-ethyl adjacent to an activating group) is 2. The van der Waals surface area contributed by atoms with E-state index >= 15 is 0 Å².